The third-order valence-electron chi connectivity index (χ3n) is 3.21. The Morgan fingerprint density at radius 3 is 2.56 bits per heavy atom. The molecule has 0 aliphatic heterocycles. The van der Waals surface area contributed by atoms with Crippen molar-refractivity contribution in [2.24, 2.45) is 0 Å². The summed E-state index contributed by atoms with van der Waals surface area (Å²) in [5.41, 5.74) is 11.1. The summed E-state index contributed by atoms with van der Waals surface area (Å²) >= 11 is 0. The Hall–Kier alpha value is -2.35. The number of aryl methyl sites for hydroxylation is 1. The normalized spacial score (nSPS) is 10.7. The van der Waals surface area contributed by atoms with E-state index in [9.17, 15) is 0 Å². The van der Waals surface area contributed by atoms with Crippen LogP contribution in [-0.2, 0) is 0 Å². The van der Waals surface area contributed by atoms with Crippen molar-refractivity contribution < 1.29 is 0 Å². The van der Waals surface area contributed by atoms with E-state index in [2.05, 4.69) is 35.3 Å². The smallest absolute Gasteiger partial charge is 0.0708 e. The number of fused-ring (bicyclic) bond motifs is 1. The van der Waals surface area contributed by atoms with Crippen molar-refractivity contribution >= 4 is 16.6 Å². The van der Waals surface area contributed by atoms with Crippen LogP contribution in [0.1, 0.15) is 5.56 Å². The number of rotatable bonds is 1. The van der Waals surface area contributed by atoms with Crippen molar-refractivity contribution in [3.8, 4) is 11.1 Å². The molecule has 1 aromatic heterocycles. The van der Waals surface area contributed by atoms with Gasteiger partial charge in [-0.05, 0) is 47.9 Å². The summed E-state index contributed by atoms with van der Waals surface area (Å²) in [5, 5.41) is 1.16. The molecule has 0 bridgehead atoms. The van der Waals surface area contributed by atoms with Gasteiger partial charge in [-0.2, -0.15) is 0 Å². The molecule has 18 heavy (non-hydrogen) atoms. The summed E-state index contributed by atoms with van der Waals surface area (Å²) in [7, 11) is 0. The van der Waals surface area contributed by atoms with Gasteiger partial charge in [-0.3, -0.25) is 4.98 Å². The van der Waals surface area contributed by atoms with E-state index >= 15 is 0 Å². The van der Waals surface area contributed by atoms with Crippen molar-refractivity contribution in [1.82, 2.24) is 4.98 Å². The van der Waals surface area contributed by atoms with Crippen molar-refractivity contribution in [2.75, 3.05) is 5.73 Å². The van der Waals surface area contributed by atoms with Crippen LogP contribution in [0.25, 0.3) is 22.0 Å². The van der Waals surface area contributed by atoms with Crippen LogP contribution < -0.4 is 5.73 Å². The maximum atomic E-state index is 5.84. The molecule has 0 spiro atoms. The predicted octanol–water partition coefficient (Wildman–Crippen LogP) is 3.79. The number of anilines is 1. The third-order valence-corrected chi connectivity index (χ3v) is 3.21. The summed E-state index contributed by atoms with van der Waals surface area (Å²) in [6, 6.07) is 16.5. The van der Waals surface area contributed by atoms with Crippen LogP contribution in [0.15, 0.2) is 54.7 Å². The molecule has 0 radical (unpaired) electrons. The van der Waals surface area contributed by atoms with Gasteiger partial charge in [0.1, 0.15) is 0 Å². The second kappa shape index (κ2) is 4.15. The number of nitrogens with zero attached hydrogens (tertiary/aromatic N) is 1. The van der Waals surface area contributed by atoms with Crippen LogP contribution in [-0.4, -0.2) is 4.98 Å². The molecule has 3 rings (SSSR count). The number of aromatic nitrogens is 1. The molecule has 0 aliphatic carbocycles. The van der Waals surface area contributed by atoms with Gasteiger partial charge < -0.3 is 5.73 Å². The molecule has 0 atom stereocenters. The molecule has 0 saturated heterocycles. The Morgan fingerprint density at radius 2 is 1.72 bits per heavy atom. The van der Waals surface area contributed by atoms with Crippen molar-refractivity contribution in [3.63, 3.8) is 0 Å². The van der Waals surface area contributed by atoms with E-state index < -0.39 is 0 Å². The minimum Gasteiger partial charge on any atom is -0.399 e. The minimum atomic E-state index is 0.831. The first-order valence-electron chi connectivity index (χ1n) is 5.95. The first-order valence-corrected chi connectivity index (χ1v) is 5.95. The number of hydrogen-bond donors (Lipinski definition) is 1. The molecule has 3 aromatic rings. The molecule has 0 amide bonds. The highest BCUT2D eigenvalue weighted by Crippen LogP contribution is 2.25. The monoisotopic (exact) mass is 234 g/mol. The summed E-state index contributed by atoms with van der Waals surface area (Å²) in [4.78, 5) is 4.38. The molecule has 0 unspecified atom stereocenters. The Balaban J connectivity index is 2.16. The Bertz CT molecular complexity index is 717. The molecule has 0 saturated carbocycles. The highest BCUT2D eigenvalue weighted by Gasteiger charge is 2.02. The van der Waals surface area contributed by atoms with E-state index in [0.29, 0.717) is 0 Å². The lowest BCUT2D eigenvalue weighted by Gasteiger charge is -2.06. The molecule has 88 valence electrons. The molecule has 1 heterocycles. The first-order chi connectivity index (χ1) is 8.74. The molecule has 2 heteroatoms. The molecule has 2 aromatic carbocycles. The van der Waals surface area contributed by atoms with E-state index in [1.165, 1.54) is 11.1 Å². The fraction of sp³-hybridized carbons (Fsp3) is 0.0625. The van der Waals surface area contributed by atoms with Gasteiger partial charge in [0.15, 0.2) is 0 Å². The Morgan fingerprint density at radius 1 is 0.944 bits per heavy atom. The summed E-state index contributed by atoms with van der Waals surface area (Å²) in [6.45, 7) is 2.03. The lowest BCUT2D eigenvalue weighted by atomic mass is 10.0. The maximum Gasteiger partial charge on any atom is 0.0708 e. The number of pyridine rings is 1. The summed E-state index contributed by atoms with van der Waals surface area (Å²) in [6.07, 6.45) is 1.82. The van der Waals surface area contributed by atoms with Gasteiger partial charge >= 0.3 is 0 Å². The lowest BCUT2D eigenvalue weighted by Crippen LogP contribution is -1.89. The molecule has 2 nitrogen and oxygen atoms in total. The SMILES string of the molecule is Cc1cc(-c2ccc3cccnc3c2)ccc1N. The summed E-state index contributed by atoms with van der Waals surface area (Å²) in [5.74, 6) is 0. The van der Waals surface area contributed by atoms with Crippen LogP contribution in [0, 0.1) is 6.92 Å². The van der Waals surface area contributed by atoms with E-state index in [4.69, 9.17) is 5.73 Å². The molecule has 0 aliphatic rings. The second-order valence-corrected chi connectivity index (χ2v) is 4.48. The summed E-state index contributed by atoms with van der Waals surface area (Å²) < 4.78 is 0. The van der Waals surface area contributed by atoms with Gasteiger partial charge in [-0.1, -0.05) is 24.3 Å². The average molecular weight is 234 g/mol. The van der Waals surface area contributed by atoms with Gasteiger partial charge in [0.05, 0.1) is 5.52 Å². The van der Waals surface area contributed by atoms with Crippen LogP contribution in [0.2, 0.25) is 0 Å². The zero-order chi connectivity index (χ0) is 12.5. The van der Waals surface area contributed by atoms with Crippen molar-refractivity contribution in [1.29, 1.82) is 0 Å². The zero-order valence-electron chi connectivity index (χ0n) is 10.2. The number of hydrogen-bond acceptors (Lipinski definition) is 2. The molecular formula is C16H14N2. The van der Waals surface area contributed by atoms with Gasteiger partial charge in [-0.15, -0.1) is 0 Å². The number of nitrogens with two attached hydrogens (primary N) is 1. The van der Waals surface area contributed by atoms with Gasteiger partial charge in [-0.25, -0.2) is 0 Å². The van der Waals surface area contributed by atoms with E-state index in [0.717, 1.165) is 22.2 Å². The van der Waals surface area contributed by atoms with Crippen LogP contribution in [0.4, 0.5) is 5.69 Å². The third kappa shape index (κ3) is 1.82. The van der Waals surface area contributed by atoms with Crippen LogP contribution in [0.5, 0.6) is 0 Å². The van der Waals surface area contributed by atoms with E-state index in [1.807, 2.05) is 31.3 Å². The molecular weight excluding hydrogens is 220 g/mol. The van der Waals surface area contributed by atoms with E-state index in [-0.39, 0.29) is 0 Å². The minimum absolute atomic E-state index is 0.831. The largest absolute Gasteiger partial charge is 0.399 e. The highest BCUT2D eigenvalue weighted by molar-refractivity contribution is 5.84. The quantitative estimate of drug-likeness (QED) is 0.650. The fourth-order valence-electron chi connectivity index (χ4n) is 2.10. The van der Waals surface area contributed by atoms with E-state index in [1.54, 1.807) is 0 Å². The fourth-order valence-corrected chi connectivity index (χ4v) is 2.10. The number of benzene rings is 2. The molecule has 2 N–H and O–H groups in total. The lowest BCUT2D eigenvalue weighted by molar-refractivity contribution is 1.41. The Labute approximate surface area is 106 Å². The Kier molecular flexibility index (Phi) is 2.49. The van der Waals surface area contributed by atoms with Crippen molar-refractivity contribution in [3.05, 3.63) is 60.3 Å². The maximum absolute atomic E-state index is 5.84. The molecule has 0 fully saturated rings. The average Bonchev–Trinajstić information content (AvgIpc) is 2.41. The highest BCUT2D eigenvalue weighted by atomic mass is 14.6. The van der Waals surface area contributed by atoms with Crippen LogP contribution >= 0.6 is 0 Å². The second-order valence-electron chi connectivity index (χ2n) is 4.48. The zero-order valence-corrected chi connectivity index (χ0v) is 10.2. The van der Waals surface area contributed by atoms with Gasteiger partial charge in [0.2, 0.25) is 0 Å². The van der Waals surface area contributed by atoms with Gasteiger partial charge in [0.25, 0.3) is 0 Å². The van der Waals surface area contributed by atoms with Gasteiger partial charge in [0, 0.05) is 17.3 Å². The first kappa shape index (κ1) is 10.8. The standard InChI is InChI=1S/C16H14N2/c1-11-9-13(6-7-15(11)17)14-5-4-12-3-2-8-18-16(12)10-14/h2-10H,17H2,1H3. The topological polar surface area (TPSA) is 38.9 Å². The predicted molar refractivity (Wildman–Crippen MR) is 76.3 cm³/mol. The van der Waals surface area contributed by atoms with Crippen molar-refractivity contribution in [2.45, 2.75) is 6.92 Å². The number of nitrogen functional groups attached to an aromatic ring is 1. The van der Waals surface area contributed by atoms with Crippen LogP contribution in [0.3, 0.4) is 0 Å².